The quantitative estimate of drug-likeness (QED) is 0.402. The van der Waals surface area contributed by atoms with Gasteiger partial charge in [0, 0.05) is 6.54 Å². The second-order valence-electron chi connectivity index (χ2n) is 4.01. The van der Waals surface area contributed by atoms with E-state index in [-0.39, 0.29) is 0 Å². The van der Waals surface area contributed by atoms with E-state index in [9.17, 15) is 4.57 Å². The Hall–Kier alpha value is 0.110. The van der Waals surface area contributed by atoms with Crippen LogP contribution in [0.25, 0.3) is 0 Å². The summed E-state index contributed by atoms with van der Waals surface area (Å²) in [6.07, 6.45) is 9.80. The van der Waals surface area contributed by atoms with E-state index in [1.165, 1.54) is 38.5 Å². The topological polar surface area (TPSA) is 75.3 Å². The standard InChI is InChI=1S/C10H25N2O2P/c1-2-3-4-5-6-7-8-9-10-12-15(11,13)14/h2-10H2,1H3,(H4,11,12,13,14). The molecule has 5 heteroatoms. The van der Waals surface area contributed by atoms with Crippen molar-refractivity contribution < 1.29 is 9.46 Å². The summed E-state index contributed by atoms with van der Waals surface area (Å²) < 4.78 is 10.6. The molecule has 0 fully saturated rings. The highest BCUT2D eigenvalue weighted by molar-refractivity contribution is 7.53. The SMILES string of the molecule is CCCCCCCCCCNP(N)(=O)O. The Kier molecular flexibility index (Phi) is 9.41. The van der Waals surface area contributed by atoms with Crippen LogP contribution in [0.3, 0.4) is 0 Å². The maximum Gasteiger partial charge on any atom is 0.335 e. The summed E-state index contributed by atoms with van der Waals surface area (Å²) in [5.41, 5.74) is 4.93. The van der Waals surface area contributed by atoms with Crippen molar-refractivity contribution in [1.82, 2.24) is 5.09 Å². The molecule has 0 saturated carbocycles. The van der Waals surface area contributed by atoms with Crippen LogP contribution >= 0.6 is 7.67 Å². The third-order valence-corrected chi connectivity index (χ3v) is 3.05. The van der Waals surface area contributed by atoms with E-state index in [0.717, 1.165) is 12.8 Å². The van der Waals surface area contributed by atoms with Crippen LogP contribution in [0.4, 0.5) is 0 Å². The van der Waals surface area contributed by atoms with Gasteiger partial charge < -0.3 is 4.89 Å². The molecule has 4 N–H and O–H groups in total. The summed E-state index contributed by atoms with van der Waals surface area (Å²) >= 11 is 0. The smallest absolute Gasteiger partial charge is 0.322 e. The largest absolute Gasteiger partial charge is 0.335 e. The van der Waals surface area contributed by atoms with Crippen molar-refractivity contribution in [2.75, 3.05) is 6.54 Å². The molecule has 0 aliphatic rings. The zero-order valence-electron chi connectivity index (χ0n) is 9.74. The average Bonchev–Trinajstić information content (AvgIpc) is 2.14. The molecule has 0 aromatic carbocycles. The van der Waals surface area contributed by atoms with Crippen LogP contribution < -0.4 is 10.6 Å². The number of rotatable bonds is 10. The van der Waals surface area contributed by atoms with Crippen molar-refractivity contribution in [3.63, 3.8) is 0 Å². The fourth-order valence-corrected chi connectivity index (χ4v) is 1.98. The number of hydrogen-bond acceptors (Lipinski definition) is 1. The van der Waals surface area contributed by atoms with E-state index in [4.69, 9.17) is 10.4 Å². The first-order chi connectivity index (χ1) is 7.06. The molecule has 0 bridgehead atoms. The number of hydrogen-bond donors (Lipinski definition) is 3. The van der Waals surface area contributed by atoms with E-state index in [2.05, 4.69) is 12.0 Å². The van der Waals surface area contributed by atoms with Crippen LogP contribution in [0, 0.1) is 0 Å². The van der Waals surface area contributed by atoms with Gasteiger partial charge in [0.1, 0.15) is 0 Å². The van der Waals surface area contributed by atoms with E-state index in [0.29, 0.717) is 6.54 Å². The maximum absolute atomic E-state index is 10.6. The molecule has 1 atom stereocenters. The summed E-state index contributed by atoms with van der Waals surface area (Å²) in [4.78, 5) is 8.74. The van der Waals surface area contributed by atoms with Gasteiger partial charge in [-0.2, -0.15) is 0 Å². The van der Waals surface area contributed by atoms with E-state index in [1.54, 1.807) is 0 Å². The second kappa shape index (κ2) is 9.34. The number of unbranched alkanes of at least 4 members (excludes halogenated alkanes) is 7. The average molecular weight is 236 g/mol. The Morgan fingerprint density at radius 3 is 2.00 bits per heavy atom. The summed E-state index contributed by atoms with van der Waals surface area (Å²) in [5.74, 6) is 0. The molecule has 0 radical (unpaired) electrons. The first-order valence-electron chi connectivity index (χ1n) is 5.93. The molecular weight excluding hydrogens is 211 g/mol. The lowest BCUT2D eigenvalue weighted by Gasteiger charge is -2.06. The fraction of sp³-hybridized carbons (Fsp3) is 1.00. The summed E-state index contributed by atoms with van der Waals surface area (Å²) in [5, 5.41) is 2.42. The van der Waals surface area contributed by atoms with E-state index >= 15 is 0 Å². The zero-order valence-corrected chi connectivity index (χ0v) is 10.6. The second-order valence-corrected chi connectivity index (χ2v) is 5.57. The maximum atomic E-state index is 10.6. The van der Waals surface area contributed by atoms with Gasteiger partial charge in [-0.25, -0.2) is 10.6 Å². The Morgan fingerprint density at radius 2 is 1.53 bits per heavy atom. The number of nitrogens with two attached hydrogens (primary N) is 1. The first-order valence-corrected chi connectivity index (χ1v) is 7.65. The van der Waals surface area contributed by atoms with Gasteiger partial charge in [0.25, 0.3) is 0 Å². The van der Waals surface area contributed by atoms with Gasteiger partial charge in [0.2, 0.25) is 0 Å². The van der Waals surface area contributed by atoms with Gasteiger partial charge in [-0.05, 0) is 6.42 Å². The molecule has 15 heavy (non-hydrogen) atoms. The lowest BCUT2D eigenvalue weighted by Crippen LogP contribution is -2.16. The fourth-order valence-electron chi connectivity index (χ4n) is 1.50. The van der Waals surface area contributed by atoms with Gasteiger partial charge in [0.15, 0.2) is 0 Å². The van der Waals surface area contributed by atoms with Crippen molar-refractivity contribution in [2.24, 2.45) is 5.50 Å². The molecule has 1 unspecified atom stereocenters. The van der Waals surface area contributed by atoms with Crippen molar-refractivity contribution in [1.29, 1.82) is 0 Å². The highest BCUT2D eigenvalue weighted by atomic mass is 31.2. The normalized spacial score (nSPS) is 15.1. The predicted octanol–water partition coefficient (Wildman–Crippen LogP) is 2.78. The van der Waals surface area contributed by atoms with Crippen molar-refractivity contribution >= 4 is 7.67 Å². The van der Waals surface area contributed by atoms with E-state index in [1.807, 2.05) is 0 Å². The zero-order chi connectivity index (χ0) is 11.6. The Bertz CT molecular complexity index is 182. The highest BCUT2D eigenvalue weighted by Gasteiger charge is 2.06. The molecule has 0 rings (SSSR count). The molecular formula is C10H25N2O2P. The van der Waals surface area contributed by atoms with Gasteiger partial charge >= 0.3 is 7.67 Å². The summed E-state index contributed by atoms with van der Waals surface area (Å²) in [7, 11) is -3.49. The molecule has 0 aromatic rings. The molecule has 0 heterocycles. The van der Waals surface area contributed by atoms with Crippen LogP contribution in [0.5, 0.6) is 0 Å². The molecule has 0 amide bonds. The molecule has 0 aliphatic heterocycles. The lowest BCUT2D eigenvalue weighted by atomic mass is 10.1. The lowest BCUT2D eigenvalue weighted by molar-refractivity contribution is 0.461. The van der Waals surface area contributed by atoms with Crippen LogP contribution in [0.2, 0.25) is 0 Å². The van der Waals surface area contributed by atoms with Crippen LogP contribution in [-0.4, -0.2) is 11.4 Å². The molecule has 0 spiro atoms. The summed E-state index contributed by atoms with van der Waals surface area (Å²) in [6.45, 7) is 2.75. The van der Waals surface area contributed by atoms with Gasteiger partial charge in [0.05, 0.1) is 0 Å². The van der Waals surface area contributed by atoms with Crippen LogP contribution in [0.15, 0.2) is 0 Å². The van der Waals surface area contributed by atoms with Crippen molar-refractivity contribution in [3.8, 4) is 0 Å². The highest BCUT2D eigenvalue weighted by Crippen LogP contribution is 2.22. The Balaban J connectivity index is 3.02. The monoisotopic (exact) mass is 236 g/mol. The minimum atomic E-state index is -3.49. The molecule has 0 aromatic heterocycles. The molecule has 0 saturated heterocycles. The first kappa shape index (κ1) is 15.1. The molecule has 4 nitrogen and oxygen atoms in total. The van der Waals surface area contributed by atoms with Crippen molar-refractivity contribution in [2.45, 2.75) is 58.3 Å². The van der Waals surface area contributed by atoms with Crippen LogP contribution in [-0.2, 0) is 4.57 Å². The van der Waals surface area contributed by atoms with E-state index < -0.39 is 7.67 Å². The van der Waals surface area contributed by atoms with Gasteiger partial charge in [-0.1, -0.05) is 51.9 Å². The minimum absolute atomic E-state index is 0.541. The summed E-state index contributed by atoms with van der Waals surface area (Å²) in [6, 6.07) is 0. The Morgan fingerprint density at radius 1 is 1.07 bits per heavy atom. The number of nitrogens with one attached hydrogen (secondary N) is 1. The molecule has 0 aliphatic carbocycles. The molecule has 92 valence electrons. The van der Waals surface area contributed by atoms with Gasteiger partial charge in [-0.3, -0.25) is 4.57 Å². The van der Waals surface area contributed by atoms with Crippen LogP contribution in [0.1, 0.15) is 58.3 Å². The van der Waals surface area contributed by atoms with Crippen molar-refractivity contribution in [3.05, 3.63) is 0 Å². The Labute approximate surface area is 93.2 Å². The predicted molar refractivity (Wildman–Crippen MR) is 64.6 cm³/mol. The minimum Gasteiger partial charge on any atom is -0.322 e. The third kappa shape index (κ3) is 14.1. The third-order valence-electron chi connectivity index (χ3n) is 2.37. The van der Waals surface area contributed by atoms with Gasteiger partial charge in [-0.15, -0.1) is 0 Å².